The molecule has 4 rings (SSSR count). The second-order valence-corrected chi connectivity index (χ2v) is 7.98. The summed E-state index contributed by atoms with van der Waals surface area (Å²) in [7, 11) is 0. The van der Waals surface area contributed by atoms with E-state index in [0.29, 0.717) is 33.4 Å². The summed E-state index contributed by atoms with van der Waals surface area (Å²) < 4.78 is 41.7. The first-order valence-electron chi connectivity index (χ1n) is 8.94. The molecular formula is C20H15Cl3F3N3. The van der Waals surface area contributed by atoms with Crippen molar-refractivity contribution in [2.45, 2.75) is 25.4 Å². The van der Waals surface area contributed by atoms with E-state index in [-0.39, 0.29) is 5.02 Å². The first-order valence-corrected chi connectivity index (χ1v) is 10.1. The molecule has 0 spiro atoms. The molecular weight excluding hydrogens is 446 g/mol. The molecule has 0 atom stereocenters. The molecule has 0 aliphatic carbocycles. The molecule has 1 aromatic heterocycles. The number of anilines is 1. The third kappa shape index (κ3) is 3.93. The summed E-state index contributed by atoms with van der Waals surface area (Å²) in [6, 6.07) is 8.97. The predicted octanol–water partition coefficient (Wildman–Crippen LogP) is 7.27. The van der Waals surface area contributed by atoms with E-state index in [1.807, 2.05) is 0 Å². The summed E-state index contributed by atoms with van der Waals surface area (Å²) >= 11 is 18.0. The normalized spacial score (nSPS) is 14.3. The lowest BCUT2D eigenvalue weighted by atomic mass is 10.0. The van der Waals surface area contributed by atoms with Gasteiger partial charge in [-0.05, 0) is 49.6 Å². The Morgan fingerprint density at radius 2 is 1.69 bits per heavy atom. The van der Waals surface area contributed by atoms with Crippen LogP contribution >= 0.6 is 34.8 Å². The molecule has 0 radical (unpaired) electrons. The van der Waals surface area contributed by atoms with E-state index in [2.05, 4.69) is 10.4 Å². The molecule has 0 unspecified atom stereocenters. The quantitative estimate of drug-likeness (QED) is 0.436. The van der Waals surface area contributed by atoms with E-state index >= 15 is 0 Å². The van der Waals surface area contributed by atoms with Crippen molar-refractivity contribution < 1.29 is 13.2 Å². The van der Waals surface area contributed by atoms with Crippen LogP contribution < -0.4 is 5.32 Å². The van der Waals surface area contributed by atoms with Crippen molar-refractivity contribution in [2.75, 3.05) is 11.9 Å². The van der Waals surface area contributed by atoms with Gasteiger partial charge in [-0.3, -0.25) is 0 Å². The summed E-state index contributed by atoms with van der Waals surface area (Å²) in [5.41, 5.74) is 1.50. The smallest absolute Gasteiger partial charge is 0.370 e. The lowest BCUT2D eigenvalue weighted by Gasteiger charge is -2.10. The monoisotopic (exact) mass is 459 g/mol. The summed E-state index contributed by atoms with van der Waals surface area (Å²) in [4.78, 5) is 0. The molecule has 3 nitrogen and oxygen atoms in total. The number of rotatable bonds is 2. The van der Waals surface area contributed by atoms with Gasteiger partial charge in [0.1, 0.15) is 5.82 Å². The summed E-state index contributed by atoms with van der Waals surface area (Å²) in [5, 5.41) is 8.43. The molecule has 0 saturated heterocycles. The Balaban J connectivity index is 1.91. The number of halogens is 6. The second-order valence-electron chi connectivity index (χ2n) is 6.76. The molecule has 1 aliphatic heterocycles. The highest BCUT2D eigenvalue weighted by Crippen LogP contribution is 2.40. The van der Waals surface area contributed by atoms with Crippen LogP contribution in [0, 0.1) is 0 Å². The Bertz CT molecular complexity index is 1080. The van der Waals surface area contributed by atoms with Gasteiger partial charge in [-0.15, -0.1) is 0 Å². The lowest BCUT2D eigenvalue weighted by molar-refractivity contribution is -0.137. The maximum atomic E-state index is 13.4. The highest BCUT2D eigenvalue weighted by atomic mass is 35.5. The molecule has 2 heterocycles. The maximum Gasteiger partial charge on any atom is 0.417 e. The molecule has 29 heavy (non-hydrogen) atoms. The van der Waals surface area contributed by atoms with Crippen LogP contribution in [0.3, 0.4) is 0 Å². The fourth-order valence-electron chi connectivity index (χ4n) is 3.43. The van der Waals surface area contributed by atoms with E-state index in [1.54, 1.807) is 28.9 Å². The van der Waals surface area contributed by atoms with Gasteiger partial charge in [0.05, 0.1) is 32.0 Å². The molecule has 152 valence electrons. The van der Waals surface area contributed by atoms with Crippen LogP contribution in [0.25, 0.3) is 16.9 Å². The lowest BCUT2D eigenvalue weighted by Crippen LogP contribution is -2.07. The van der Waals surface area contributed by atoms with Crippen molar-refractivity contribution >= 4 is 40.6 Å². The first kappa shape index (κ1) is 20.4. The van der Waals surface area contributed by atoms with Crippen molar-refractivity contribution in [3.63, 3.8) is 0 Å². The Hall–Kier alpha value is -1.89. The predicted molar refractivity (Wildman–Crippen MR) is 110 cm³/mol. The Morgan fingerprint density at radius 3 is 2.41 bits per heavy atom. The van der Waals surface area contributed by atoms with E-state index in [4.69, 9.17) is 34.8 Å². The number of fused-ring (bicyclic) bond motifs is 1. The minimum atomic E-state index is -4.55. The van der Waals surface area contributed by atoms with Crippen LogP contribution in [0.1, 0.15) is 24.0 Å². The molecule has 2 aromatic carbocycles. The standard InChI is InChI=1S/C20H15Cl3F3N3/c21-15-6-4-11(9-14(15)20(24,25)26)18-13-3-1-2-8-27-19(13)29(28-18)12-5-7-16(22)17(23)10-12/h4-7,9-10,27H,1-3,8H2. The number of alkyl halides is 3. The van der Waals surface area contributed by atoms with Crippen LogP contribution in [0.5, 0.6) is 0 Å². The van der Waals surface area contributed by atoms with Gasteiger partial charge in [-0.25, -0.2) is 4.68 Å². The van der Waals surface area contributed by atoms with Crippen LogP contribution in [-0.4, -0.2) is 16.3 Å². The van der Waals surface area contributed by atoms with E-state index in [1.165, 1.54) is 6.07 Å². The second kappa shape index (κ2) is 7.74. The Morgan fingerprint density at radius 1 is 0.931 bits per heavy atom. The van der Waals surface area contributed by atoms with Gasteiger partial charge in [-0.1, -0.05) is 40.9 Å². The molecule has 1 N–H and O–H groups in total. The Labute approximate surface area is 180 Å². The highest BCUT2D eigenvalue weighted by molar-refractivity contribution is 6.42. The van der Waals surface area contributed by atoms with Gasteiger partial charge in [0.15, 0.2) is 0 Å². The van der Waals surface area contributed by atoms with Crippen molar-refractivity contribution in [3.8, 4) is 16.9 Å². The summed E-state index contributed by atoms with van der Waals surface area (Å²) in [5.74, 6) is 0.749. The number of aromatic nitrogens is 2. The van der Waals surface area contributed by atoms with E-state index in [9.17, 15) is 13.2 Å². The Kier molecular flexibility index (Phi) is 5.44. The number of benzene rings is 2. The highest BCUT2D eigenvalue weighted by Gasteiger charge is 2.34. The first-order chi connectivity index (χ1) is 13.8. The zero-order valence-electron chi connectivity index (χ0n) is 15.0. The molecule has 0 amide bonds. The largest absolute Gasteiger partial charge is 0.417 e. The third-order valence-corrected chi connectivity index (χ3v) is 5.89. The average Bonchev–Trinajstić information content (AvgIpc) is 2.85. The summed E-state index contributed by atoms with van der Waals surface area (Å²) in [6.45, 7) is 0.744. The number of hydrogen-bond donors (Lipinski definition) is 1. The van der Waals surface area contributed by atoms with Gasteiger partial charge in [0.25, 0.3) is 0 Å². The molecule has 0 bridgehead atoms. The van der Waals surface area contributed by atoms with Gasteiger partial charge in [0.2, 0.25) is 0 Å². The van der Waals surface area contributed by atoms with Crippen LogP contribution in [0.15, 0.2) is 36.4 Å². The van der Waals surface area contributed by atoms with Gasteiger partial charge >= 0.3 is 6.18 Å². The molecule has 9 heteroatoms. The molecule has 3 aromatic rings. The van der Waals surface area contributed by atoms with Crippen LogP contribution in [0.2, 0.25) is 15.1 Å². The van der Waals surface area contributed by atoms with Gasteiger partial charge < -0.3 is 5.32 Å². The van der Waals surface area contributed by atoms with Crippen LogP contribution in [0.4, 0.5) is 19.0 Å². The third-order valence-electron chi connectivity index (χ3n) is 4.82. The van der Waals surface area contributed by atoms with E-state index < -0.39 is 11.7 Å². The zero-order chi connectivity index (χ0) is 20.8. The fraction of sp³-hybridized carbons (Fsp3) is 0.250. The van der Waals surface area contributed by atoms with Crippen molar-refractivity contribution in [2.24, 2.45) is 0 Å². The maximum absolute atomic E-state index is 13.4. The van der Waals surface area contributed by atoms with Crippen molar-refractivity contribution in [3.05, 3.63) is 62.6 Å². The number of nitrogens with one attached hydrogen (secondary N) is 1. The minimum absolute atomic E-state index is 0.339. The van der Waals surface area contributed by atoms with Crippen molar-refractivity contribution in [1.29, 1.82) is 0 Å². The van der Waals surface area contributed by atoms with Gasteiger partial charge in [-0.2, -0.15) is 18.3 Å². The number of hydrogen-bond acceptors (Lipinski definition) is 2. The molecule has 0 fully saturated rings. The molecule has 1 aliphatic rings. The number of nitrogens with zero attached hydrogens (tertiary/aromatic N) is 2. The summed E-state index contributed by atoms with van der Waals surface area (Å²) in [6.07, 6.45) is -2.00. The SMILES string of the molecule is FC(F)(F)c1cc(-c2nn(-c3ccc(Cl)c(Cl)c3)c3c2CCCCN3)ccc1Cl. The topological polar surface area (TPSA) is 29.9 Å². The minimum Gasteiger partial charge on any atom is -0.370 e. The van der Waals surface area contributed by atoms with Crippen molar-refractivity contribution in [1.82, 2.24) is 9.78 Å². The van der Waals surface area contributed by atoms with Crippen LogP contribution in [-0.2, 0) is 12.6 Å². The van der Waals surface area contributed by atoms with E-state index in [0.717, 1.165) is 36.8 Å². The van der Waals surface area contributed by atoms with Gasteiger partial charge in [0, 0.05) is 17.7 Å². The zero-order valence-corrected chi connectivity index (χ0v) is 17.2. The fourth-order valence-corrected chi connectivity index (χ4v) is 3.94. The average molecular weight is 461 g/mol. The molecule has 0 saturated carbocycles.